The summed E-state index contributed by atoms with van der Waals surface area (Å²) in [6.07, 6.45) is 4.12. The molecule has 2 atom stereocenters. The van der Waals surface area contributed by atoms with E-state index in [0.29, 0.717) is 24.0 Å². The van der Waals surface area contributed by atoms with Crippen LogP contribution in [0.15, 0.2) is 42.5 Å². The minimum absolute atomic E-state index is 0.0178. The summed E-state index contributed by atoms with van der Waals surface area (Å²) in [6, 6.07) is 13.8. The largest absolute Gasteiger partial charge is 0.484 e. The Kier molecular flexibility index (Phi) is 8.03. The van der Waals surface area contributed by atoms with Gasteiger partial charge in [-0.15, -0.1) is 0 Å². The summed E-state index contributed by atoms with van der Waals surface area (Å²) < 4.78 is 11.1. The molecule has 8 heteroatoms. The molecular formula is C27H33Cl2N3O3. The van der Waals surface area contributed by atoms with E-state index in [1.807, 2.05) is 36.4 Å². The van der Waals surface area contributed by atoms with Crippen LogP contribution in [0.3, 0.4) is 0 Å². The third kappa shape index (κ3) is 6.42. The number of ether oxygens (including phenoxy) is 2. The number of rotatable bonds is 9. The number of anilines is 1. The van der Waals surface area contributed by atoms with Crippen LogP contribution in [0.25, 0.3) is 0 Å². The molecular weight excluding hydrogens is 485 g/mol. The van der Waals surface area contributed by atoms with Crippen LogP contribution in [0, 0.1) is 5.92 Å². The highest BCUT2D eigenvalue weighted by Crippen LogP contribution is 2.29. The molecule has 2 aromatic rings. The number of halogens is 2. The number of amides is 1. The van der Waals surface area contributed by atoms with Gasteiger partial charge in [0.15, 0.2) is 0 Å². The zero-order valence-electron chi connectivity index (χ0n) is 19.9. The summed E-state index contributed by atoms with van der Waals surface area (Å²) in [7, 11) is 0. The van der Waals surface area contributed by atoms with E-state index in [-0.39, 0.29) is 24.0 Å². The van der Waals surface area contributed by atoms with Crippen LogP contribution in [-0.4, -0.2) is 68.9 Å². The second kappa shape index (κ2) is 11.4. The molecule has 0 aromatic heterocycles. The van der Waals surface area contributed by atoms with Gasteiger partial charge < -0.3 is 24.6 Å². The van der Waals surface area contributed by atoms with Crippen molar-refractivity contribution in [3.05, 3.63) is 58.1 Å². The average Bonchev–Trinajstić information content (AvgIpc) is 3.50. The molecule has 188 valence electrons. The summed E-state index contributed by atoms with van der Waals surface area (Å²) in [5, 5.41) is 4.71. The molecule has 2 unspecified atom stereocenters. The normalized spacial score (nSPS) is 21.7. The Hall–Kier alpha value is -1.99. The zero-order valence-corrected chi connectivity index (χ0v) is 21.4. The summed E-state index contributed by atoms with van der Waals surface area (Å²) in [5.41, 5.74) is 2.22. The van der Waals surface area contributed by atoms with Crippen molar-refractivity contribution in [3.8, 4) is 5.75 Å². The Labute approximate surface area is 217 Å². The van der Waals surface area contributed by atoms with E-state index >= 15 is 0 Å². The number of hydrogen-bond donors (Lipinski definition) is 1. The number of likely N-dealkylation sites (tertiary alicyclic amines) is 1. The first-order valence-electron chi connectivity index (χ1n) is 12.6. The maximum atomic E-state index is 13.3. The van der Waals surface area contributed by atoms with Crippen LogP contribution in [0.1, 0.15) is 24.8 Å². The van der Waals surface area contributed by atoms with E-state index < -0.39 is 0 Å². The molecule has 0 spiro atoms. The number of carbonyl (C=O) groups is 1. The number of nitrogens with zero attached hydrogens (tertiary/aromatic N) is 2. The van der Waals surface area contributed by atoms with Crippen molar-refractivity contribution in [2.45, 2.75) is 37.8 Å². The first kappa shape index (κ1) is 24.7. The third-order valence-electron chi connectivity index (χ3n) is 7.15. The van der Waals surface area contributed by atoms with Crippen LogP contribution < -0.4 is 15.0 Å². The molecule has 35 heavy (non-hydrogen) atoms. The fourth-order valence-electron chi connectivity index (χ4n) is 5.13. The Morgan fingerprint density at radius 2 is 1.86 bits per heavy atom. The lowest BCUT2D eigenvalue weighted by Gasteiger charge is -2.28. The Morgan fingerprint density at radius 1 is 1.09 bits per heavy atom. The van der Waals surface area contributed by atoms with E-state index in [2.05, 4.69) is 21.2 Å². The summed E-state index contributed by atoms with van der Waals surface area (Å²) in [6.45, 7) is 5.87. The first-order valence-corrected chi connectivity index (χ1v) is 13.3. The lowest BCUT2D eigenvalue weighted by Crippen LogP contribution is -2.46. The van der Waals surface area contributed by atoms with Crippen molar-refractivity contribution < 1.29 is 14.3 Å². The Bertz CT molecular complexity index is 1010. The van der Waals surface area contributed by atoms with Gasteiger partial charge in [0.1, 0.15) is 11.9 Å². The molecule has 3 aliphatic heterocycles. The highest BCUT2D eigenvalue weighted by molar-refractivity contribution is 6.32. The molecule has 3 saturated heterocycles. The monoisotopic (exact) mass is 517 g/mol. The average molecular weight is 518 g/mol. The molecule has 0 bridgehead atoms. The van der Waals surface area contributed by atoms with Gasteiger partial charge in [0, 0.05) is 36.4 Å². The maximum absolute atomic E-state index is 13.3. The first-order chi connectivity index (χ1) is 17.0. The van der Waals surface area contributed by atoms with Crippen molar-refractivity contribution in [2.24, 2.45) is 5.92 Å². The van der Waals surface area contributed by atoms with Gasteiger partial charge in [-0.1, -0.05) is 29.3 Å². The van der Waals surface area contributed by atoms with Crippen LogP contribution in [0.4, 0.5) is 5.69 Å². The minimum atomic E-state index is -0.0178. The van der Waals surface area contributed by atoms with E-state index in [1.165, 1.54) is 12.8 Å². The summed E-state index contributed by atoms with van der Waals surface area (Å²) in [5.74, 6) is 0.814. The van der Waals surface area contributed by atoms with Crippen LogP contribution in [-0.2, 0) is 16.0 Å². The lowest BCUT2D eigenvalue weighted by molar-refractivity contribution is -0.125. The maximum Gasteiger partial charge on any atom is 0.225 e. The molecule has 6 nitrogen and oxygen atoms in total. The minimum Gasteiger partial charge on any atom is -0.484 e. The highest BCUT2D eigenvalue weighted by Gasteiger charge is 2.30. The van der Waals surface area contributed by atoms with Crippen LogP contribution >= 0.6 is 23.2 Å². The molecule has 2 aromatic carbocycles. The molecule has 0 aliphatic carbocycles. The number of benzene rings is 2. The lowest BCUT2D eigenvalue weighted by atomic mass is 10.0. The third-order valence-corrected chi connectivity index (χ3v) is 7.70. The molecule has 0 radical (unpaired) electrons. The van der Waals surface area contributed by atoms with Gasteiger partial charge in [-0.3, -0.25) is 4.79 Å². The predicted octanol–water partition coefficient (Wildman–Crippen LogP) is 4.42. The number of carbonyl (C=O) groups excluding carboxylic acids is 1. The van der Waals surface area contributed by atoms with Crippen molar-refractivity contribution in [1.82, 2.24) is 10.2 Å². The fraction of sp³-hybridized carbons (Fsp3) is 0.519. The van der Waals surface area contributed by atoms with Gasteiger partial charge >= 0.3 is 0 Å². The fourth-order valence-corrected chi connectivity index (χ4v) is 5.50. The summed E-state index contributed by atoms with van der Waals surface area (Å²) >= 11 is 12.6. The summed E-state index contributed by atoms with van der Waals surface area (Å²) in [4.78, 5) is 18.0. The van der Waals surface area contributed by atoms with Crippen LogP contribution in [0.2, 0.25) is 10.0 Å². The van der Waals surface area contributed by atoms with E-state index in [0.717, 1.165) is 61.8 Å². The Morgan fingerprint density at radius 3 is 2.54 bits per heavy atom. The molecule has 3 heterocycles. The quantitative estimate of drug-likeness (QED) is 0.533. The predicted molar refractivity (Wildman–Crippen MR) is 140 cm³/mol. The second-order valence-electron chi connectivity index (χ2n) is 9.87. The standard InChI is InChI=1S/C27H33Cl2N3O3/c28-21-4-6-23(7-5-21)32-12-9-20(15-32)27(33)30-22(16-31-10-1-2-11-31)13-19-3-8-26(25(29)14-19)35-24-17-34-18-24/h3-8,14,20,22,24H,1-2,9-13,15-18H2,(H,30,33). The van der Waals surface area contributed by atoms with E-state index in [1.54, 1.807) is 0 Å². The smallest absolute Gasteiger partial charge is 0.225 e. The van der Waals surface area contributed by atoms with E-state index in [9.17, 15) is 4.79 Å². The molecule has 1 amide bonds. The number of hydrogen-bond acceptors (Lipinski definition) is 5. The van der Waals surface area contributed by atoms with Gasteiger partial charge in [0.2, 0.25) is 5.91 Å². The molecule has 5 rings (SSSR count). The van der Waals surface area contributed by atoms with Crippen molar-refractivity contribution in [1.29, 1.82) is 0 Å². The molecule has 1 N–H and O–H groups in total. The van der Waals surface area contributed by atoms with Crippen molar-refractivity contribution >= 4 is 34.8 Å². The van der Waals surface area contributed by atoms with E-state index in [4.69, 9.17) is 32.7 Å². The highest BCUT2D eigenvalue weighted by atomic mass is 35.5. The van der Waals surface area contributed by atoms with Gasteiger partial charge in [-0.05, 0) is 80.7 Å². The topological polar surface area (TPSA) is 54.0 Å². The Balaban J connectivity index is 1.21. The van der Waals surface area contributed by atoms with Gasteiger partial charge in [-0.2, -0.15) is 0 Å². The molecule has 3 fully saturated rings. The number of nitrogens with one attached hydrogen (secondary N) is 1. The van der Waals surface area contributed by atoms with Gasteiger partial charge in [0.05, 0.1) is 24.2 Å². The van der Waals surface area contributed by atoms with Crippen molar-refractivity contribution in [3.63, 3.8) is 0 Å². The SMILES string of the molecule is O=C(NC(Cc1ccc(OC2COC2)c(Cl)c1)CN1CCCC1)C1CCN(c2ccc(Cl)cc2)C1. The van der Waals surface area contributed by atoms with Gasteiger partial charge in [0.25, 0.3) is 0 Å². The van der Waals surface area contributed by atoms with Crippen LogP contribution in [0.5, 0.6) is 5.75 Å². The van der Waals surface area contributed by atoms with Crippen molar-refractivity contribution in [2.75, 3.05) is 50.8 Å². The van der Waals surface area contributed by atoms with Gasteiger partial charge in [-0.25, -0.2) is 0 Å². The second-order valence-corrected chi connectivity index (χ2v) is 10.7. The molecule has 3 aliphatic rings. The zero-order chi connectivity index (χ0) is 24.2. The molecule has 0 saturated carbocycles.